The molecule has 8 nitrogen and oxygen atoms in total. The predicted octanol–water partition coefficient (Wildman–Crippen LogP) is 4.41. The number of thiazole rings is 1. The molecule has 0 bridgehead atoms. The minimum atomic E-state index is -0.920. The number of para-hydroxylation sites is 1. The molecule has 210 valence electrons. The molecule has 4 unspecified atom stereocenters. The zero-order valence-corrected chi connectivity index (χ0v) is 23.6. The molecular weight excluding hydrogens is 512 g/mol. The summed E-state index contributed by atoms with van der Waals surface area (Å²) in [5.41, 5.74) is 4.90. The van der Waals surface area contributed by atoms with Crippen LogP contribution in [-0.2, 0) is 17.8 Å². The van der Waals surface area contributed by atoms with Crippen LogP contribution in [0.15, 0.2) is 35.2 Å². The normalized spacial score (nSPS) is 19.3. The average Bonchev–Trinajstić information content (AvgIpc) is 3.64. The number of amides is 2. The summed E-state index contributed by atoms with van der Waals surface area (Å²) in [6.07, 6.45) is 4.69. The highest BCUT2D eigenvalue weighted by molar-refractivity contribution is 7.07. The molecule has 0 spiro atoms. The second-order valence-electron chi connectivity index (χ2n) is 11.7. The molecule has 4 N–H and O–H groups in total. The third-order valence-electron chi connectivity index (χ3n) is 8.38. The Balaban J connectivity index is 1.38. The van der Waals surface area contributed by atoms with Gasteiger partial charge in [-0.15, -0.1) is 11.3 Å². The molecule has 0 saturated heterocycles. The maximum Gasteiger partial charge on any atom is 0.271 e. The van der Waals surface area contributed by atoms with Crippen LogP contribution < -0.4 is 5.32 Å². The van der Waals surface area contributed by atoms with Gasteiger partial charge in [-0.05, 0) is 43.6 Å². The standard InChI is InChI=1S/C30H40N4O4S/c1-18(2)12-26(35)27(36)14-24(19-8-4-3-5-9-19)33-29(37)25(13-20-16-39-17-31-20)34-15-22-21-10-6-7-11-23(21)32-28(22)30(34)38/h6-7,10-11,16-19,24-27,32,35-36H,3-5,8-9,12-15H2,1-2H3,(H,33,37). The first-order chi connectivity index (χ1) is 18.8. The van der Waals surface area contributed by atoms with Gasteiger partial charge in [0.15, 0.2) is 0 Å². The summed E-state index contributed by atoms with van der Waals surface area (Å²) >= 11 is 1.47. The molecule has 4 atom stereocenters. The Morgan fingerprint density at radius 3 is 2.62 bits per heavy atom. The summed E-state index contributed by atoms with van der Waals surface area (Å²) in [6.45, 7) is 4.39. The van der Waals surface area contributed by atoms with Crippen LogP contribution in [0.1, 0.15) is 80.5 Å². The molecule has 3 aromatic rings. The quantitative estimate of drug-likeness (QED) is 0.281. The van der Waals surface area contributed by atoms with E-state index in [-0.39, 0.29) is 29.7 Å². The lowest BCUT2D eigenvalue weighted by Gasteiger charge is -2.35. The number of benzene rings is 1. The molecule has 39 heavy (non-hydrogen) atoms. The van der Waals surface area contributed by atoms with Crippen LogP contribution in [0, 0.1) is 11.8 Å². The van der Waals surface area contributed by atoms with Crippen LogP contribution in [0.3, 0.4) is 0 Å². The summed E-state index contributed by atoms with van der Waals surface area (Å²) in [7, 11) is 0. The molecule has 2 aromatic heterocycles. The Bertz CT molecular complexity index is 1270. The highest BCUT2D eigenvalue weighted by Crippen LogP contribution is 2.33. The fourth-order valence-electron chi connectivity index (χ4n) is 6.31. The van der Waals surface area contributed by atoms with Crippen molar-refractivity contribution in [1.82, 2.24) is 20.2 Å². The Kier molecular flexibility index (Phi) is 8.69. The molecule has 5 rings (SSSR count). The van der Waals surface area contributed by atoms with Crippen molar-refractivity contribution in [2.75, 3.05) is 0 Å². The van der Waals surface area contributed by atoms with E-state index in [9.17, 15) is 19.8 Å². The van der Waals surface area contributed by atoms with Gasteiger partial charge >= 0.3 is 0 Å². The van der Waals surface area contributed by atoms with E-state index in [2.05, 4.69) is 15.3 Å². The SMILES string of the molecule is CC(C)CC(O)C(O)CC(NC(=O)C(Cc1cscn1)N1Cc2c([nH]c3ccccc23)C1=O)C1CCCCC1. The first-order valence-corrected chi connectivity index (χ1v) is 15.2. The zero-order valence-electron chi connectivity index (χ0n) is 22.8. The Hall–Kier alpha value is -2.75. The highest BCUT2D eigenvalue weighted by Gasteiger charge is 2.40. The lowest BCUT2D eigenvalue weighted by atomic mass is 9.81. The average molecular weight is 553 g/mol. The van der Waals surface area contributed by atoms with Crippen molar-refractivity contribution in [3.05, 3.63) is 52.1 Å². The van der Waals surface area contributed by atoms with Gasteiger partial charge in [-0.2, -0.15) is 0 Å². The van der Waals surface area contributed by atoms with Crippen molar-refractivity contribution in [3.63, 3.8) is 0 Å². The van der Waals surface area contributed by atoms with E-state index in [4.69, 9.17) is 0 Å². The molecule has 1 aliphatic carbocycles. The van der Waals surface area contributed by atoms with Crippen molar-refractivity contribution in [2.45, 2.75) is 96.1 Å². The van der Waals surface area contributed by atoms with Crippen LogP contribution in [-0.4, -0.2) is 61.2 Å². The van der Waals surface area contributed by atoms with Gasteiger partial charge in [0.05, 0.1) is 23.4 Å². The molecule has 2 aliphatic rings. The van der Waals surface area contributed by atoms with Crippen LogP contribution in [0.5, 0.6) is 0 Å². The number of hydrogen-bond donors (Lipinski definition) is 4. The van der Waals surface area contributed by atoms with E-state index >= 15 is 0 Å². The van der Waals surface area contributed by atoms with Gasteiger partial charge in [-0.25, -0.2) is 4.98 Å². The second-order valence-corrected chi connectivity index (χ2v) is 12.4. The van der Waals surface area contributed by atoms with E-state index in [0.29, 0.717) is 31.5 Å². The van der Waals surface area contributed by atoms with Crippen molar-refractivity contribution >= 4 is 34.1 Å². The maximum absolute atomic E-state index is 14.0. The third kappa shape index (κ3) is 6.21. The number of H-pyrrole nitrogens is 1. The van der Waals surface area contributed by atoms with Gasteiger partial charge in [0.25, 0.3) is 5.91 Å². The van der Waals surface area contributed by atoms with Gasteiger partial charge in [0, 0.05) is 40.9 Å². The number of aromatic amines is 1. The summed E-state index contributed by atoms with van der Waals surface area (Å²) in [5, 5.41) is 27.7. The molecule has 2 amide bonds. The van der Waals surface area contributed by atoms with Gasteiger partial charge in [0.1, 0.15) is 11.7 Å². The van der Waals surface area contributed by atoms with Gasteiger partial charge in [-0.1, -0.05) is 51.3 Å². The van der Waals surface area contributed by atoms with E-state index < -0.39 is 18.2 Å². The number of nitrogens with one attached hydrogen (secondary N) is 2. The largest absolute Gasteiger partial charge is 0.390 e. The smallest absolute Gasteiger partial charge is 0.271 e. The number of aliphatic hydroxyl groups is 2. The minimum absolute atomic E-state index is 0.182. The lowest BCUT2D eigenvalue weighted by Crippen LogP contribution is -2.53. The number of rotatable bonds is 11. The van der Waals surface area contributed by atoms with E-state index in [1.165, 1.54) is 17.8 Å². The van der Waals surface area contributed by atoms with Crippen molar-refractivity contribution < 1.29 is 19.8 Å². The number of carbonyl (C=O) groups is 2. The summed E-state index contributed by atoms with van der Waals surface area (Å²) in [4.78, 5) is 37.0. The predicted molar refractivity (Wildman–Crippen MR) is 152 cm³/mol. The molecule has 3 heterocycles. The number of fused-ring (bicyclic) bond motifs is 3. The van der Waals surface area contributed by atoms with E-state index in [1.54, 1.807) is 10.4 Å². The maximum atomic E-state index is 14.0. The molecule has 1 aliphatic heterocycles. The monoisotopic (exact) mass is 552 g/mol. The first-order valence-electron chi connectivity index (χ1n) is 14.3. The molecule has 1 saturated carbocycles. The summed E-state index contributed by atoms with van der Waals surface area (Å²) in [6, 6.07) is 6.84. The van der Waals surface area contributed by atoms with E-state index in [1.807, 2.05) is 43.5 Å². The second kappa shape index (κ2) is 12.2. The molecule has 1 aromatic carbocycles. The minimum Gasteiger partial charge on any atom is -0.390 e. The van der Waals surface area contributed by atoms with E-state index in [0.717, 1.165) is 47.8 Å². The molecule has 9 heteroatoms. The summed E-state index contributed by atoms with van der Waals surface area (Å²) < 4.78 is 0. The van der Waals surface area contributed by atoms with Crippen molar-refractivity contribution in [2.24, 2.45) is 11.8 Å². The first kappa shape index (κ1) is 27.8. The van der Waals surface area contributed by atoms with Crippen molar-refractivity contribution in [3.8, 4) is 0 Å². The summed E-state index contributed by atoms with van der Waals surface area (Å²) in [5.74, 6) is 0.0776. The number of hydrogen-bond acceptors (Lipinski definition) is 6. The molecule has 1 fully saturated rings. The van der Waals surface area contributed by atoms with Crippen LogP contribution in [0.2, 0.25) is 0 Å². The topological polar surface area (TPSA) is 119 Å². The lowest BCUT2D eigenvalue weighted by molar-refractivity contribution is -0.127. The number of aromatic nitrogens is 2. The van der Waals surface area contributed by atoms with Crippen LogP contribution >= 0.6 is 11.3 Å². The van der Waals surface area contributed by atoms with Crippen LogP contribution in [0.4, 0.5) is 0 Å². The Morgan fingerprint density at radius 1 is 1.15 bits per heavy atom. The number of aliphatic hydroxyl groups excluding tert-OH is 2. The van der Waals surface area contributed by atoms with Gasteiger partial charge < -0.3 is 25.4 Å². The Morgan fingerprint density at radius 2 is 1.90 bits per heavy atom. The fraction of sp³-hybridized carbons (Fsp3) is 0.567. The number of nitrogens with zero attached hydrogens (tertiary/aromatic N) is 2. The molecule has 0 radical (unpaired) electrons. The Labute approximate surface area is 233 Å². The van der Waals surface area contributed by atoms with Crippen LogP contribution in [0.25, 0.3) is 10.9 Å². The van der Waals surface area contributed by atoms with Gasteiger partial charge in [0.2, 0.25) is 5.91 Å². The zero-order chi connectivity index (χ0) is 27.5. The van der Waals surface area contributed by atoms with Crippen molar-refractivity contribution in [1.29, 1.82) is 0 Å². The molecular formula is C30H40N4O4S. The fourth-order valence-corrected chi connectivity index (χ4v) is 6.88. The van der Waals surface area contributed by atoms with Gasteiger partial charge in [-0.3, -0.25) is 9.59 Å². The number of carbonyl (C=O) groups excluding carboxylic acids is 2. The highest BCUT2D eigenvalue weighted by atomic mass is 32.1. The third-order valence-corrected chi connectivity index (χ3v) is 9.02.